The third-order valence-electron chi connectivity index (χ3n) is 4.97. The number of cyclic esters (lactones) is 1. The molecule has 0 radical (unpaired) electrons. The van der Waals surface area contributed by atoms with Crippen LogP contribution in [0.25, 0.3) is 0 Å². The monoisotopic (exact) mass is 412 g/mol. The molecule has 1 heterocycles. The number of hydrogen-bond donors (Lipinski definition) is 1. The highest BCUT2D eigenvalue weighted by Gasteiger charge is 2.47. The van der Waals surface area contributed by atoms with Gasteiger partial charge in [0.05, 0.1) is 19.0 Å². The molecular formula is C19H19F3N2O5. The Labute approximate surface area is 164 Å². The molecule has 7 nitrogen and oxygen atoms in total. The number of ether oxygens (including phenoxy) is 1. The van der Waals surface area contributed by atoms with Crippen molar-refractivity contribution in [3.8, 4) is 0 Å². The maximum Gasteiger partial charge on any atom is 0.450 e. The number of Topliss-reactive ketones (excluding diaryl/α,β-unsaturated/α-hetero) is 2. The fraction of sp³-hybridized carbons (Fsp3) is 0.474. The van der Waals surface area contributed by atoms with Gasteiger partial charge in [0.2, 0.25) is 11.7 Å². The van der Waals surface area contributed by atoms with Gasteiger partial charge in [-0.2, -0.15) is 13.2 Å². The summed E-state index contributed by atoms with van der Waals surface area (Å²) in [5.74, 6) is -4.87. The van der Waals surface area contributed by atoms with Gasteiger partial charge >= 0.3 is 12.3 Å². The van der Waals surface area contributed by atoms with Gasteiger partial charge in [0.1, 0.15) is 6.10 Å². The Hall–Kier alpha value is -2.91. The summed E-state index contributed by atoms with van der Waals surface area (Å²) in [6, 6.07) is 4.36. The second kappa shape index (κ2) is 7.84. The molecule has 0 bridgehead atoms. The van der Waals surface area contributed by atoms with E-state index in [4.69, 9.17) is 4.74 Å². The first-order chi connectivity index (χ1) is 13.6. The number of anilines is 1. The van der Waals surface area contributed by atoms with Crippen LogP contribution in [0, 0.1) is 5.92 Å². The molecule has 0 spiro atoms. The molecule has 1 aliphatic carbocycles. The van der Waals surface area contributed by atoms with Gasteiger partial charge in [-0.25, -0.2) is 4.79 Å². The van der Waals surface area contributed by atoms with Gasteiger partial charge in [-0.3, -0.25) is 19.3 Å². The topological polar surface area (TPSA) is 92.8 Å². The third-order valence-corrected chi connectivity index (χ3v) is 4.97. The number of rotatable bonds is 4. The first-order valence-corrected chi connectivity index (χ1v) is 9.08. The molecule has 0 saturated carbocycles. The Morgan fingerprint density at radius 1 is 1.28 bits per heavy atom. The maximum absolute atomic E-state index is 12.8. The molecule has 1 N–H and O–H groups in total. The Morgan fingerprint density at radius 3 is 2.66 bits per heavy atom. The van der Waals surface area contributed by atoms with Crippen molar-refractivity contribution in [2.75, 3.05) is 18.0 Å². The molecule has 29 heavy (non-hydrogen) atoms. The molecule has 10 heteroatoms. The quantitative estimate of drug-likeness (QED) is 0.606. The first kappa shape index (κ1) is 20.8. The Balaban J connectivity index is 1.81. The van der Waals surface area contributed by atoms with Gasteiger partial charge in [-0.1, -0.05) is 0 Å². The van der Waals surface area contributed by atoms with Crippen molar-refractivity contribution in [2.24, 2.45) is 5.92 Å². The lowest BCUT2D eigenvalue weighted by Crippen LogP contribution is -2.35. The van der Waals surface area contributed by atoms with E-state index in [9.17, 15) is 32.3 Å². The fourth-order valence-electron chi connectivity index (χ4n) is 3.55. The van der Waals surface area contributed by atoms with Crippen LogP contribution in [-0.2, 0) is 20.7 Å². The van der Waals surface area contributed by atoms with E-state index in [0.29, 0.717) is 17.7 Å². The average molecular weight is 412 g/mol. The molecule has 1 saturated heterocycles. The highest BCUT2D eigenvalue weighted by molar-refractivity contribution is 6.13. The predicted octanol–water partition coefficient (Wildman–Crippen LogP) is 2.41. The van der Waals surface area contributed by atoms with Crippen molar-refractivity contribution in [1.82, 2.24) is 5.32 Å². The van der Waals surface area contributed by atoms with E-state index in [2.05, 4.69) is 5.32 Å². The summed E-state index contributed by atoms with van der Waals surface area (Å²) in [6.07, 6.45) is -5.84. The number of benzene rings is 1. The molecule has 0 aromatic heterocycles. The molecule has 2 atom stereocenters. The second-order valence-corrected chi connectivity index (χ2v) is 7.07. The van der Waals surface area contributed by atoms with Crippen LogP contribution in [0.15, 0.2) is 18.2 Å². The summed E-state index contributed by atoms with van der Waals surface area (Å²) in [4.78, 5) is 48.6. The van der Waals surface area contributed by atoms with Crippen LogP contribution in [0.3, 0.4) is 0 Å². The van der Waals surface area contributed by atoms with Crippen molar-refractivity contribution >= 4 is 29.3 Å². The number of ketones is 2. The number of carbonyl (C=O) groups excluding carboxylic acids is 4. The number of aryl methyl sites for hydroxylation is 1. The third kappa shape index (κ3) is 4.41. The number of halogens is 3. The van der Waals surface area contributed by atoms with E-state index in [1.807, 2.05) is 0 Å². The smallest absolute Gasteiger partial charge is 0.442 e. The van der Waals surface area contributed by atoms with Gasteiger partial charge in [-0.05, 0) is 43.0 Å². The van der Waals surface area contributed by atoms with Crippen LogP contribution < -0.4 is 10.2 Å². The number of alkyl halides is 3. The SMILES string of the molecule is CC(=O)NC[C@H]1CN(c2ccc3c(c2)CCCC(C(=O)C(F)(F)F)C3=O)C(=O)O1. The zero-order chi connectivity index (χ0) is 21.3. The minimum atomic E-state index is -5.06. The summed E-state index contributed by atoms with van der Waals surface area (Å²) in [5.41, 5.74) is 0.992. The molecule has 2 aliphatic rings. The Kier molecular flexibility index (Phi) is 5.63. The van der Waals surface area contributed by atoms with Crippen molar-refractivity contribution in [2.45, 2.75) is 38.5 Å². The standard InChI is InChI=1S/C19H19F3N2O5/c1-10(25)23-8-13-9-24(18(28)29-13)12-5-6-14-11(7-12)3-2-4-15(16(14)26)17(27)19(20,21)22/h5-7,13,15H,2-4,8-9H2,1H3,(H,23,25)/t13-,15?/m0/s1. The number of nitrogens with one attached hydrogen (secondary N) is 1. The number of fused-ring (bicyclic) bond motifs is 1. The molecule has 1 aliphatic heterocycles. The van der Waals surface area contributed by atoms with E-state index < -0.39 is 35.9 Å². The summed E-state index contributed by atoms with van der Waals surface area (Å²) in [5, 5.41) is 2.56. The number of carbonyl (C=O) groups is 4. The van der Waals surface area contributed by atoms with Crippen LogP contribution in [-0.4, -0.2) is 48.9 Å². The van der Waals surface area contributed by atoms with Gasteiger partial charge in [0.15, 0.2) is 5.78 Å². The van der Waals surface area contributed by atoms with Crippen LogP contribution >= 0.6 is 0 Å². The molecule has 2 amide bonds. The minimum absolute atomic E-state index is 0.0659. The van der Waals surface area contributed by atoms with Crippen LogP contribution in [0.4, 0.5) is 23.7 Å². The average Bonchev–Trinajstić information content (AvgIpc) is 2.94. The van der Waals surface area contributed by atoms with Gasteiger partial charge in [0.25, 0.3) is 0 Å². The van der Waals surface area contributed by atoms with Crippen molar-refractivity contribution < 1.29 is 37.1 Å². The lowest BCUT2D eigenvalue weighted by Gasteiger charge is -2.17. The zero-order valence-corrected chi connectivity index (χ0v) is 15.5. The fourth-order valence-corrected chi connectivity index (χ4v) is 3.55. The molecule has 156 valence electrons. The number of hydrogen-bond acceptors (Lipinski definition) is 5. The largest absolute Gasteiger partial charge is 0.450 e. The van der Waals surface area contributed by atoms with Gasteiger partial charge in [-0.15, -0.1) is 0 Å². The van der Waals surface area contributed by atoms with E-state index in [1.165, 1.54) is 24.0 Å². The molecule has 1 aromatic rings. The summed E-state index contributed by atoms with van der Waals surface area (Å²) >= 11 is 0. The second-order valence-electron chi connectivity index (χ2n) is 7.07. The molecule has 3 rings (SSSR count). The Morgan fingerprint density at radius 2 is 2.00 bits per heavy atom. The van der Waals surface area contributed by atoms with Gasteiger partial charge in [0, 0.05) is 18.2 Å². The molecule has 1 aromatic carbocycles. The summed E-state index contributed by atoms with van der Waals surface area (Å²) in [6.45, 7) is 1.68. The normalized spacial score (nSPS) is 22.0. The molecule has 1 fully saturated rings. The molecular weight excluding hydrogens is 393 g/mol. The van der Waals surface area contributed by atoms with E-state index in [-0.39, 0.29) is 37.4 Å². The van der Waals surface area contributed by atoms with E-state index in [1.54, 1.807) is 6.07 Å². The minimum Gasteiger partial charge on any atom is -0.442 e. The molecule has 1 unspecified atom stereocenters. The first-order valence-electron chi connectivity index (χ1n) is 9.08. The van der Waals surface area contributed by atoms with E-state index >= 15 is 0 Å². The van der Waals surface area contributed by atoms with Crippen molar-refractivity contribution in [3.63, 3.8) is 0 Å². The van der Waals surface area contributed by atoms with Gasteiger partial charge < -0.3 is 10.1 Å². The van der Waals surface area contributed by atoms with Crippen molar-refractivity contribution in [1.29, 1.82) is 0 Å². The Bertz CT molecular complexity index is 868. The summed E-state index contributed by atoms with van der Waals surface area (Å²) in [7, 11) is 0. The number of nitrogens with zero attached hydrogens (tertiary/aromatic N) is 1. The van der Waals surface area contributed by atoms with Crippen LogP contribution in [0.2, 0.25) is 0 Å². The highest BCUT2D eigenvalue weighted by atomic mass is 19.4. The zero-order valence-electron chi connectivity index (χ0n) is 15.5. The van der Waals surface area contributed by atoms with Crippen LogP contribution in [0.5, 0.6) is 0 Å². The highest BCUT2D eigenvalue weighted by Crippen LogP contribution is 2.33. The lowest BCUT2D eigenvalue weighted by molar-refractivity contribution is -0.174. The van der Waals surface area contributed by atoms with Crippen LogP contribution in [0.1, 0.15) is 35.7 Å². The predicted molar refractivity (Wildman–Crippen MR) is 94.6 cm³/mol. The maximum atomic E-state index is 12.8. The summed E-state index contributed by atoms with van der Waals surface area (Å²) < 4.78 is 43.6. The van der Waals surface area contributed by atoms with E-state index in [0.717, 1.165) is 0 Å². The van der Waals surface area contributed by atoms with Crippen molar-refractivity contribution in [3.05, 3.63) is 29.3 Å². The lowest BCUT2D eigenvalue weighted by atomic mass is 9.91. The number of amides is 2.